The summed E-state index contributed by atoms with van der Waals surface area (Å²) in [5, 5.41) is 12.9. The number of para-hydroxylation sites is 1. The minimum Gasteiger partial charge on any atom is -0.508 e. The molecular weight excluding hydrogens is 270 g/mol. The molecule has 0 aliphatic rings. The van der Waals surface area contributed by atoms with Gasteiger partial charge in [0.1, 0.15) is 5.75 Å². The molecule has 0 radical (unpaired) electrons. The molecule has 4 rings (SSSR count). The number of phenols is 1. The topological polar surface area (TPSA) is 36.0 Å². The molecule has 0 spiro atoms. The molecule has 0 amide bonds. The number of rotatable bonds is 1. The summed E-state index contributed by atoms with van der Waals surface area (Å²) in [7, 11) is 0. The molecule has 0 bridgehead atoms. The number of aromatic nitrogens is 1. The van der Waals surface area contributed by atoms with E-state index in [1.165, 1.54) is 16.5 Å². The van der Waals surface area contributed by atoms with E-state index in [2.05, 4.69) is 35.3 Å². The van der Waals surface area contributed by atoms with Crippen molar-refractivity contribution in [3.63, 3.8) is 0 Å². The summed E-state index contributed by atoms with van der Waals surface area (Å²) in [5.41, 5.74) is 3.53. The Kier molecular flexibility index (Phi) is 3.84. The van der Waals surface area contributed by atoms with Crippen LogP contribution in [0, 0.1) is 0 Å². The molecule has 4 aromatic rings. The zero-order valence-electron chi connectivity index (χ0n) is 12.8. The molecule has 110 valence electrons. The van der Waals surface area contributed by atoms with Crippen LogP contribution >= 0.6 is 0 Å². The lowest BCUT2D eigenvalue weighted by molar-refractivity contribution is 0.476. The number of benzene rings is 3. The standard InChI is InChI=1S/C18H13NO.C2H6/c20-15-8-7-12-9-14(6-5-13(12)10-15)17-11-19-18-4-2-1-3-16(17)18;1-2/h1-11,19-20H;1-2H3. The lowest BCUT2D eigenvalue weighted by Crippen LogP contribution is -1.78. The first-order chi connectivity index (χ1) is 10.8. The van der Waals surface area contributed by atoms with Gasteiger partial charge in [-0.15, -0.1) is 0 Å². The predicted octanol–water partition coefficient (Wildman–Crippen LogP) is 5.72. The van der Waals surface area contributed by atoms with Crippen LogP contribution < -0.4 is 0 Å². The van der Waals surface area contributed by atoms with Gasteiger partial charge >= 0.3 is 0 Å². The second-order valence-electron chi connectivity index (χ2n) is 4.99. The van der Waals surface area contributed by atoms with Gasteiger partial charge in [-0.2, -0.15) is 0 Å². The molecule has 1 heterocycles. The van der Waals surface area contributed by atoms with Gasteiger partial charge in [0.25, 0.3) is 0 Å². The van der Waals surface area contributed by atoms with E-state index in [1.54, 1.807) is 12.1 Å². The van der Waals surface area contributed by atoms with E-state index in [-0.39, 0.29) is 0 Å². The zero-order valence-corrected chi connectivity index (χ0v) is 12.8. The molecule has 0 saturated carbocycles. The van der Waals surface area contributed by atoms with Crippen molar-refractivity contribution in [1.82, 2.24) is 4.98 Å². The van der Waals surface area contributed by atoms with Crippen LogP contribution in [0.15, 0.2) is 66.9 Å². The SMILES string of the molecule is CC.Oc1ccc2cc(-c3c[nH]c4ccccc34)ccc2c1. The van der Waals surface area contributed by atoms with Crippen LogP contribution in [0.1, 0.15) is 13.8 Å². The molecule has 0 fully saturated rings. The summed E-state index contributed by atoms with van der Waals surface area (Å²) in [5.74, 6) is 0.303. The van der Waals surface area contributed by atoms with E-state index in [4.69, 9.17) is 0 Å². The van der Waals surface area contributed by atoms with Crippen molar-refractivity contribution in [3.05, 3.63) is 66.9 Å². The van der Waals surface area contributed by atoms with Crippen molar-refractivity contribution in [2.24, 2.45) is 0 Å². The maximum Gasteiger partial charge on any atom is 0.116 e. The lowest BCUT2D eigenvalue weighted by atomic mass is 10.0. The summed E-state index contributed by atoms with van der Waals surface area (Å²) in [6.45, 7) is 4.00. The van der Waals surface area contributed by atoms with Gasteiger partial charge in [0.2, 0.25) is 0 Å². The van der Waals surface area contributed by atoms with Crippen molar-refractivity contribution >= 4 is 21.7 Å². The minimum absolute atomic E-state index is 0.303. The van der Waals surface area contributed by atoms with Crippen molar-refractivity contribution in [2.45, 2.75) is 13.8 Å². The lowest BCUT2D eigenvalue weighted by Gasteiger charge is -2.03. The van der Waals surface area contributed by atoms with Gasteiger partial charge in [0.05, 0.1) is 0 Å². The Morgan fingerprint density at radius 3 is 2.41 bits per heavy atom. The highest BCUT2D eigenvalue weighted by Crippen LogP contribution is 2.31. The van der Waals surface area contributed by atoms with Crippen LogP contribution in [-0.4, -0.2) is 10.1 Å². The van der Waals surface area contributed by atoms with Crippen LogP contribution in [0.5, 0.6) is 5.75 Å². The van der Waals surface area contributed by atoms with Gasteiger partial charge in [-0.05, 0) is 40.6 Å². The van der Waals surface area contributed by atoms with Crippen LogP contribution in [-0.2, 0) is 0 Å². The molecule has 2 heteroatoms. The first-order valence-electron chi connectivity index (χ1n) is 7.60. The van der Waals surface area contributed by atoms with Crippen LogP contribution in [0.3, 0.4) is 0 Å². The summed E-state index contributed by atoms with van der Waals surface area (Å²) in [6.07, 6.45) is 2.05. The maximum atomic E-state index is 9.52. The molecule has 1 aromatic heterocycles. The first-order valence-corrected chi connectivity index (χ1v) is 7.60. The molecule has 22 heavy (non-hydrogen) atoms. The number of hydrogen-bond acceptors (Lipinski definition) is 1. The smallest absolute Gasteiger partial charge is 0.116 e. The third kappa shape index (κ3) is 2.44. The maximum absolute atomic E-state index is 9.52. The van der Waals surface area contributed by atoms with Crippen molar-refractivity contribution in [1.29, 1.82) is 0 Å². The second-order valence-corrected chi connectivity index (χ2v) is 4.99. The highest BCUT2D eigenvalue weighted by molar-refractivity contribution is 5.98. The van der Waals surface area contributed by atoms with E-state index >= 15 is 0 Å². The highest BCUT2D eigenvalue weighted by atomic mass is 16.3. The fraction of sp³-hybridized carbons (Fsp3) is 0.100. The summed E-state index contributed by atoms with van der Waals surface area (Å²) < 4.78 is 0. The number of phenolic OH excluding ortho intramolecular Hbond substituents is 1. The second kappa shape index (κ2) is 5.94. The van der Waals surface area contributed by atoms with Crippen LogP contribution in [0.4, 0.5) is 0 Å². The van der Waals surface area contributed by atoms with Crippen molar-refractivity contribution in [3.8, 4) is 16.9 Å². The van der Waals surface area contributed by atoms with E-state index in [9.17, 15) is 5.11 Å². The first kappa shape index (κ1) is 14.2. The summed E-state index contributed by atoms with van der Waals surface area (Å²) >= 11 is 0. The summed E-state index contributed by atoms with van der Waals surface area (Å²) in [6, 6.07) is 20.1. The molecule has 0 aliphatic carbocycles. The summed E-state index contributed by atoms with van der Waals surface area (Å²) in [4.78, 5) is 3.30. The Hall–Kier alpha value is -2.74. The van der Waals surface area contributed by atoms with Gasteiger partial charge in [-0.3, -0.25) is 0 Å². The quantitative estimate of drug-likeness (QED) is 0.462. The predicted molar refractivity (Wildman–Crippen MR) is 94.3 cm³/mol. The van der Waals surface area contributed by atoms with Gasteiger partial charge < -0.3 is 10.1 Å². The van der Waals surface area contributed by atoms with Gasteiger partial charge in [0.15, 0.2) is 0 Å². The van der Waals surface area contributed by atoms with Crippen molar-refractivity contribution < 1.29 is 5.11 Å². The Bertz CT molecular complexity index is 921. The molecule has 2 N–H and O–H groups in total. The Morgan fingerprint density at radius 1 is 0.818 bits per heavy atom. The van der Waals surface area contributed by atoms with Crippen molar-refractivity contribution in [2.75, 3.05) is 0 Å². The molecule has 0 aliphatic heterocycles. The van der Waals surface area contributed by atoms with Gasteiger partial charge in [-0.1, -0.05) is 50.2 Å². The molecule has 3 aromatic carbocycles. The third-order valence-corrected chi connectivity index (χ3v) is 3.72. The van der Waals surface area contributed by atoms with Gasteiger partial charge in [0, 0.05) is 22.7 Å². The van der Waals surface area contributed by atoms with E-state index in [0.29, 0.717) is 5.75 Å². The Morgan fingerprint density at radius 2 is 1.55 bits per heavy atom. The van der Waals surface area contributed by atoms with E-state index < -0.39 is 0 Å². The Labute approximate surface area is 130 Å². The number of hydrogen-bond donors (Lipinski definition) is 2. The molecule has 0 atom stereocenters. The molecule has 0 saturated heterocycles. The average Bonchev–Trinajstić information content (AvgIpc) is 3.00. The normalized spacial score (nSPS) is 10.5. The molecule has 0 unspecified atom stereocenters. The molecule has 2 nitrogen and oxygen atoms in total. The third-order valence-electron chi connectivity index (χ3n) is 3.72. The highest BCUT2D eigenvalue weighted by Gasteiger charge is 2.06. The van der Waals surface area contributed by atoms with Crippen LogP contribution in [0.25, 0.3) is 32.8 Å². The van der Waals surface area contributed by atoms with Gasteiger partial charge in [-0.25, -0.2) is 0 Å². The fourth-order valence-corrected chi connectivity index (χ4v) is 2.71. The number of aromatic hydroxyl groups is 1. The van der Waals surface area contributed by atoms with E-state index in [1.807, 2.05) is 38.2 Å². The number of aromatic amines is 1. The molecular formula is C20H19NO. The van der Waals surface area contributed by atoms with Crippen LogP contribution in [0.2, 0.25) is 0 Å². The fourth-order valence-electron chi connectivity index (χ4n) is 2.71. The zero-order chi connectivity index (χ0) is 15.5. The largest absolute Gasteiger partial charge is 0.508 e. The van der Waals surface area contributed by atoms with E-state index in [0.717, 1.165) is 16.3 Å². The minimum atomic E-state index is 0.303. The number of nitrogens with one attached hydrogen (secondary N) is 1. The number of H-pyrrole nitrogens is 1. The monoisotopic (exact) mass is 289 g/mol. The number of fused-ring (bicyclic) bond motifs is 2. The average molecular weight is 289 g/mol. The Balaban J connectivity index is 0.000000693.